The average molecular weight is 168 g/mol. The largest absolute Gasteiger partial charge is 0.461 e. The van der Waals surface area contributed by atoms with Crippen molar-refractivity contribution in [1.29, 1.82) is 0 Å². The lowest BCUT2D eigenvalue weighted by Gasteiger charge is -1.86. The molecule has 2 rings (SSSR count). The number of aromatic nitrogens is 1. The summed E-state index contributed by atoms with van der Waals surface area (Å²) in [5.74, 6) is 0.879. The highest BCUT2D eigenvalue weighted by Crippen LogP contribution is 2.19. The number of fused-ring (bicyclic) bond motifs is 1. The summed E-state index contributed by atoms with van der Waals surface area (Å²) >= 11 is 5.66. The molecule has 0 saturated heterocycles. The molecule has 0 radical (unpaired) electrons. The van der Waals surface area contributed by atoms with Crippen LogP contribution in [0, 0.1) is 6.92 Å². The van der Waals surface area contributed by atoms with Gasteiger partial charge < -0.3 is 4.42 Å². The molecule has 0 aromatic carbocycles. The predicted molar refractivity (Wildman–Crippen MR) is 43.8 cm³/mol. The number of nitrogens with zero attached hydrogens (tertiary/aromatic N) is 1. The van der Waals surface area contributed by atoms with Gasteiger partial charge >= 0.3 is 0 Å². The molecule has 0 fully saturated rings. The Kier molecular flexibility index (Phi) is 1.36. The Balaban J connectivity index is 2.82. The van der Waals surface area contributed by atoms with Gasteiger partial charge in [0.25, 0.3) is 0 Å². The van der Waals surface area contributed by atoms with E-state index in [1.807, 2.05) is 13.0 Å². The molecule has 0 saturated carbocycles. The average Bonchev–Trinajstić information content (AvgIpc) is 2.27. The first-order valence-electron chi connectivity index (χ1n) is 3.27. The lowest BCUT2D eigenvalue weighted by atomic mass is 10.3. The van der Waals surface area contributed by atoms with E-state index < -0.39 is 0 Å². The standard InChI is InChI=1S/C8H6ClNO/c1-5-2-6-4-10-8(9)3-7(6)11-5/h2-4H,1H3. The van der Waals surface area contributed by atoms with E-state index >= 15 is 0 Å². The molecular weight excluding hydrogens is 162 g/mol. The maximum absolute atomic E-state index is 5.66. The van der Waals surface area contributed by atoms with E-state index in [-0.39, 0.29) is 0 Å². The first-order chi connectivity index (χ1) is 5.25. The van der Waals surface area contributed by atoms with Gasteiger partial charge in [-0.05, 0) is 13.0 Å². The fourth-order valence-electron chi connectivity index (χ4n) is 1.04. The van der Waals surface area contributed by atoms with Crippen molar-refractivity contribution >= 4 is 22.6 Å². The van der Waals surface area contributed by atoms with E-state index in [0.717, 1.165) is 16.7 Å². The fourth-order valence-corrected chi connectivity index (χ4v) is 1.19. The summed E-state index contributed by atoms with van der Waals surface area (Å²) in [6.45, 7) is 1.90. The zero-order valence-electron chi connectivity index (χ0n) is 5.97. The molecule has 0 N–H and O–H groups in total. The van der Waals surface area contributed by atoms with Crippen molar-refractivity contribution in [3.63, 3.8) is 0 Å². The minimum absolute atomic E-state index is 0.465. The second-order valence-corrected chi connectivity index (χ2v) is 2.79. The lowest BCUT2D eigenvalue weighted by Crippen LogP contribution is -1.70. The Morgan fingerprint density at radius 3 is 3.09 bits per heavy atom. The summed E-state index contributed by atoms with van der Waals surface area (Å²) in [7, 11) is 0. The number of furan rings is 1. The minimum Gasteiger partial charge on any atom is -0.461 e. The van der Waals surface area contributed by atoms with E-state index in [4.69, 9.17) is 16.0 Å². The van der Waals surface area contributed by atoms with Gasteiger partial charge in [-0.25, -0.2) is 4.98 Å². The van der Waals surface area contributed by atoms with Crippen molar-refractivity contribution in [2.45, 2.75) is 6.92 Å². The Hall–Kier alpha value is -1.02. The molecule has 2 heterocycles. The van der Waals surface area contributed by atoms with Gasteiger partial charge in [0.05, 0.1) is 0 Å². The van der Waals surface area contributed by atoms with Gasteiger partial charge in [-0.15, -0.1) is 0 Å². The smallest absolute Gasteiger partial charge is 0.138 e. The van der Waals surface area contributed by atoms with E-state index in [0.29, 0.717) is 5.15 Å². The van der Waals surface area contributed by atoms with E-state index in [1.54, 1.807) is 12.3 Å². The van der Waals surface area contributed by atoms with Crippen LogP contribution in [0.5, 0.6) is 0 Å². The maximum Gasteiger partial charge on any atom is 0.138 e. The van der Waals surface area contributed by atoms with Gasteiger partial charge in [-0.2, -0.15) is 0 Å². The van der Waals surface area contributed by atoms with Crippen molar-refractivity contribution in [3.8, 4) is 0 Å². The zero-order chi connectivity index (χ0) is 7.84. The normalized spacial score (nSPS) is 10.7. The molecule has 56 valence electrons. The van der Waals surface area contributed by atoms with Crippen LogP contribution in [-0.2, 0) is 0 Å². The third-order valence-electron chi connectivity index (χ3n) is 1.49. The third kappa shape index (κ3) is 1.10. The number of pyridine rings is 1. The quantitative estimate of drug-likeness (QED) is 0.564. The van der Waals surface area contributed by atoms with Crippen LogP contribution in [0.25, 0.3) is 11.0 Å². The van der Waals surface area contributed by atoms with Crippen molar-refractivity contribution in [1.82, 2.24) is 4.98 Å². The zero-order valence-corrected chi connectivity index (χ0v) is 6.72. The molecule has 2 aromatic heterocycles. The van der Waals surface area contributed by atoms with Crippen LogP contribution in [0.2, 0.25) is 5.15 Å². The summed E-state index contributed by atoms with van der Waals surface area (Å²) in [5.41, 5.74) is 0.794. The molecule has 0 aliphatic rings. The van der Waals surface area contributed by atoms with E-state index in [1.165, 1.54) is 0 Å². The molecule has 2 aromatic rings. The topological polar surface area (TPSA) is 26.0 Å². The summed E-state index contributed by atoms with van der Waals surface area (Å²) in [4.78, 5) is 3.93. The van der Waals surface area contributed by atoms with Crippen LogP contribution in [0.1, 0.15) is 5.76 Å². The Labute approximate surface area is 68.8 Å². The maximum atomic E-state index is 5.66. The van der Waals surface area contributed by atoms with Crippen molar-refractivity contribution in [2.24, 2.45) is 0 Å². The molecule has 0 unspecified atom stereocenters. The molecular formula is C8H6ClNO. The van der Waals surface area contributed by atoms with Crippen LogP contribution >= 0.6 is 11.6 Å². The van der Waals surface area contributed by atoms with Crippen LogP contribution in [0.4, 0.5) is 0 Å². The number of hydrogen-bond acceptors (Lipinski definition) is 2. The summed E-state index contributed by atoms with van der Waals surface area (Å²) in [6.07, 6.45) is 1.70. The van der Waals surface area contributed by atoms with Gasteiger partial charge in [0.2, 0.25) is 0 Å². The van der Waals surface area contributed by atoms with Crippen LogP contribution in [0.15, 0.2) is 22.7 Å². The van der Waals surface area contributed by atoms with E-state index in [2.05, 4.69) is 4.98 Å². The monoisotopic (exact) mass is 167 g/mol. The number of halogens is 1. The highest BCUT2D eigenvalue weighted by molar-refractivity contribution is 6.29. The van der Waals surface area contributed by atoms with Crippen LogP contribution < -0.4 is 0 Å². The van der Waals surface area contributed by atoms with Crippen molar-refractivity contribution < 1.29 is 4.42 Å². The second-order valence-electron chi connectivity index (χ2n) is 2.40. The van der Waals surface area contributed by atoms with Gasteiger partial charge in [0, 0.05) is 17.6 Å². The molecule has 3 heteroatoms. The fraction of sp³-hybridized carbons (Fsp3) is 0.125. The molecule has 0 aliphatic carbocycles. The highest BCUT2D eigenvalue weighted by atomic mass is 35.5. The highest BCUT2D eigenvalue weighted by Gasteiger charge is 2.00. The minimum atomic E-state index is 0.465. The molecule has 0 spiro atoms. The SMILES string of the molecule is Cc1cc2cnc(Cl)cc2o1. The lowest BCUT2D eigenvalue weighted by molar-refractivity contribution is 0.578. The van der Waals surface area contributed by atoms with Gasteiger partial charge in [-0.3, -0.25) is 0 Å². The summed E-state index contributed by atoms with van der Waals surface area (Å²) < 4.78 is 5.32. The van der Waals surface area contributed by atoms with Crippen molar-refractivity contribution in [2.75, 3.05) is 0 Å². The van der Waals surface area contributed by atoms with Crippen LogP contribution in [-0.4, -0.2) is 4.98 Å². The summed E-state index contributed by atoms with van der Waals surface area (Å²) in [5, 5.41) is 1.46. The Morgan fingerprint density at radius 2 is 2.27 bits per heavy atom. The number of hydrogen-bond donors (Lipinski definition) is 0. The predicted octanol–water partition coefficient (Wildman–Crippen LogP) is 2.79. The van der Waals surface area contributed by atoms with Gasteiger partial charge in [0.15, 0.2) is 0 Å². The molecule has 0 atom stereocenters. The molecule has 0 bridgehead atoms. The third-order valence-corrected chi connectivity index (χ3v) is 1.70. The molecule has 0 amide bonds. The molecule has 0 aliphatic heterocycles. The van der Waals surface area contributed by atoms with Crippen LogP contribution in [0.3, 0.4) is 0 Å². The number of aryl methyl sites for hydroxylation is 1. The van der Waals surface area contributed by atoms with Gasteiger partial charge in [0.1, 0.15) is 16.5 Å². The second kappa shape index (κ2) is 2.24. The Morgan fingerprint density at radius 1 is 1.45 bits per heavy atom. The first kappa shape index (κ1) is 6.68. The van der Waals surface area contributed by atoms with E-state index in [9.17, 15) is 0 Å². The Bertz CT molecular complexity index is 394. The molecule has 2 nitrogen and oxygen atoms in total. The first-order valence-corrected chi connectivity index (χ1v) is 3.65. The number of rotatable bonds is 0. The molecule has 11 heavy (non-hydrogen) atoms. The van der Waals surface area contributed by atoms with Crippen molar-refractivity contribution in [3.05, 3.63) is 29.2 Å². The summed E-state index contributed by atoms with van der Waals surface area (Å²) in [6, 6.07) is 3.64. The van der Waals surface area contributed by atoms with Gasteiger partial charge in [-0.1, -0.05) is 11.6 Å².